The first-order valence-electron chi connectivity index (χ1n) is 21.6. The Morgan fingerprint density at radius 3 is 2.00 bits per heavy atom. The highest BCUT2D eigenvalue weighted by Gasteiger charge is 2.73. The zero-order chi connectivity index (χ0) is 35.5. The van der Waals surface area contributed by atoms with Crippen molar-refractivity contribution in [3.05, 3.63) is 0 Å². The number of likely N-dealkylation sites (tertiary alicyclic amines) is 1. The summed E-state index contributed by atoms with van der Waals surface area (Å²) in [6.07, 6.45) is 17.2. The molecule has 0 radical (unpaired) electrons. The quantitative estimate of drug-likeness (QED) is 0.271. The van der Waals surface area contributed by atoms with Crippen LogP contribution in [-0.4, -0.2) is 84.5 Å². The lowest BCUT2D eigenvalue weighted by Gasteiger charge is -2.73. The molecule has 282 valence electrons. The number of likely N-dealkylation sites (N-methyl/N-ethyl adjacent to an activating group) is 1. The molecule has 6 heteroatoms. The Morgan fingerprint density at radius 2 is 1.36 bits per heavy atom. The van der Waals surface area contributed by atoms with Crippen molar-refractivity contribution in [2.24, 2.45) is 62.1 Å². The van der Waals surface area contributed by atoms with E-state index in [1.54, 1.807) is 6.92 Å². The van der Waals surface area contributed by atoms with Crippen molar-refractivity contribution in [2.75, 3.05) is 45.8 Å². The number of ether oxygens (including phenoxy) is 1. The summed E-state index contributed by atoms with van der Waals surface area (Å²) in [6.45, 7) is 27.3. The van der Waals surface area contributed by atoms with Crippen LogP contribution in [0.25, 0.3) is 0 Å². The molecule has 8 rings (SSSR count). The smallest absolute Gasteiger partial charge is 0.302 e. The molecule has 0 aromatic carbocycles. The van der Waals surface area contributed by atoms with Crippen molar-refractivity contribution in [1.29, 1.82) is 0 Å². The van der Waals surface area contributed by atoms with Crippen LogP contribution in [0, 0.1) is 62.1 Å². The summed E-state index contributed by atoms with van der Waals surface area (Å²) >= 11 is 0. The van der Waals surface area contributed by atoms with Gasteiger partial charge in [-0.15, -0.1) is 0 Å². The summed E-state index contributed by atoms with van der Waals surface area (Å²) in [5.74, 6) is 3.67. The summed E-state index contributed by atoms with van der Waals surface area (Å²) in [4.78, 5) is 35.1. The standard InChI is InChI=1S/C44H73N3O3/c1-9-45-26-28-46(29-27-45)31-15-24-47(25-16-31)38(49)44-19-12-32(40(5)20-21-40)37(44)33-10-11-35-41(6)17-14-36(50-30(2)48)39(3,4)34(41)13-18-43(35,8)42(33,7)22-23-44/h31-37H,9-29H2,1-8H3/t32-,33-,34+,35-,36+,37-,41+,42-,43-,44+/m1/s1. The normalized spacial score (nSPS) is 47.4. The van der Waals surface area contributed by atoms with Gasteiger partial charge in [0, 0.05) is 57.6 Å². The second kappa shape index (κ2) is 12.2. The van der Waals surface area contributed by atoms with E-state index in [9.17, 15) is 4.79 Å². The summed E-state index contributed by atoms with van der Waals surface area (Å²) in [6, 6.07) is 0.656. The fraction of sp³-hybridized carbons (Fsp3) is 0.955. The van der Waals surface area contributed by atoms with Crippen LogP contribution in [0.2, 0.25) is 0 Å². The van der Waals surface area contributed by atoms with E-state index in [1.165, 1.54) is 90.5 Å². The minimum Gasteiger partial charge on any atom is -0.462 e. The number of hydrogen-bond donors (Lipinski definition) is 0. The van der Waals surface area contributed by atoms with Gasteiger partial charge in [-0.05, 0) is 148 Å². The Morgan fingerprint density at radius 1 is 0.660 bits per heavy atom. The Hall–Kier alpha value is -1.14. The molecule has 8 aliphatic rings. The molecule has 0 aromatic heterocycles. The minimum atomic E-state index is -0.131. The zero-order valence-corrected chi connectivity index (χ0v) is 33.5. The van der Waals surface area contributed by atoms with Gasteiger partial charge in [0.1, 0.15) is 6.10 Å². The van der Waals surface area contributed by atoms with Gasteiger partial charge in [0.2, 0.25) is 5.91 Å². The van der Waals surface area contributed by atoms with Crippen LogP contribution in [0.4, 0.5) is 0 Å². The molecule has 1 amide bonds. The predicted octanol–water partition coefficient (Wildman–Crippen LogP) is 8.43. The maximum atomic E-state index is 15.2. The number of rotatable bonds is 5. The third kappa shape index (κ3) is 5.11. The third-order valence-corrected chi connectivity index (χ3v) is 19.2. The van der Waals surface area contributed by atoms with Gasteiger partial charge < -0.3 is 14.5 Å². The van der Waals surface area contributed by atoms with Crippen molar-refractivity contribution >= 4 is 11.9 Å². The number of esters is 1. The fourth-order valence-corrected chi connectivity index (χ4v) is 15.9. The van der Waals surface area contributed by atoms with Gasteiger partial charge in [-0.1, -0.05) is 48.5 Å². The summed E-state index contributed by atoms with van der Waals surface area (Å²) in [5, 5.41) is 0. The highest BCUT2D eigenvalue weighted by Crippen LogP contribution is 2.79. The average Bonchev–Trinajstić information content (AvgIpc) is 3.71. The van der Waals surface area contributed by atoms with Crippen LogP contribution < -0.4 is 0 Å². The van der Waals surface area contributed by atoms with Crippen molar-refractivity contribution in [3.8, 4) is 0 Å². The number of carbonyl (C=O) groups excluding carboxylic acids is 2. The maximum absolute atomic E-state index is 15.2. The number of piperazine rings is 1. The average molecular weight is 692 g/mol. The van der Waals surface area contributed by atoms with Crippen molar-refractivity contribution in [1.82, 2.24) is 14.7 Å². The largest absolute Gasteiger partial charge is 0.462 e. The van der Waals surface area contributed by atoms with Crippen LogP contribution in [-0.2, 0) is 14.3 Å². The van der Waals surface area contributed by atoms with Crippen molar-refractivity contribution in [3.63, 3.8) is 0 Å². The third-order valence-electron chi connectivity index (χ3n) is 19.2. The molecule has 0 unspecified atom stereocenters. The van der Waals surface area contributed by atoms with Crippen LogP contribution in [0.3, 0.4) is 0 Å². The predicted molar refractivity (Wildman–Crippen MR) is 200 cm³/mol. The lowest BCUT2D eigenvalue weighted by Crippen LogP contribution is -2.68. The molecule has 10 atom stereocenters. The van der Waals surface area contributed by atoms with Crippen molar-refractivity contribution in [2.45, 2.75) is 157 Å². The molecular formula is C44H73N3O3. The monoisotopic (exact) mass is 692 g/mol. The van der Waals surface area contributed by atoms with Crippen LogP contribution in [0.1, 0.15) is 145 Å². The van der Waals surface area contributed by atoms with E-state index < -0.39 is 0 Å². The maximum Gasteiger partial charge on any atom is 0.302 e. The lowest BCUT2D eigenvalue weighted by molar-refractivity contribution is -0.251. The summed E-state index contributed by atoms with van der Waals surface area (Å²) in [7, 11) is 0. The molecular weight excluding hydrogens is 619 g/mol. The Labute approximate surface area is 305 Å². The van der Waals surface area contributed by atoms with Gasteiger partial charge in [-0.2, -0.15) is 0 Å². The number of piperidine rings is 1. The number of carbonyl (C=O) groups is 2. The number of hydrogen-bond acceptors (Lipinski definition) is 5. The second-order valence-electron chi connectivity index (χ2n) is 21.1. The molecule has 6 aliphatic carbocycles. The van der Waals surface area contributed by atoms with Gasteiger partial charge in [0.15, 0.2) is 0 Å². The number of nitrogens with zero attached hydrogens (tertiary/aromatic N) is 3. The minimum absolute atomic E-state index is 0.000308. The molecule has 0 N–H and O–H groups in total. The summed E-state index contributed by atoms with van der Waals surface area (Å²) < 4.78 is 6.01. The van der Waals surface area contributed by atoms with E-state index in [-0.39, 0.29) is 33.7 Å². The van der Waals surface area contributed by atoms with E-state index >= 15 is 4.79 Å². The number of fused-ring (bicyclic) bond motifs is 7. The van der Waals surface area contributed by atoms with Crippen LogP contribution >= 0.6 is 0 Å². The van der Waals surface area contributed by atoms with Gasteiger partial charge >= 0.3 is 5.97 Å². The summed E-state index contributed by atoms with van der Waals surface area (Å²) in [5.41, 5.74) is 1.17. The van der Waals surface area contributed by atoms with Gasteiger partial charge in [-0.25, -0.2) is 0 Å². The molecule has 0 spiro atoms. The molecule has 6 saturated carbocycles. The zero-order valence-electron chi connectivity index (χ0n) is 33.5. The SMILES string of the molecule is CCN1CCN(C2CCN(C(=O)[C@]34CC[C@@H](C5(C)CC5)[C@@H]3[C@H]3CC[C@@H]5[C@@]6(C)CC[C@H](OC(C)=O)C(C)(C)[C@@H]6CC[C@@]5(C)[C@]3(C)CC4)CC2)CC1. The van der Waals surface area contributed by atoms with E-state index in [2.05, 4.69) is 63.2 Å². The molecule has 0 bridgehead atoms. The highest BCUT2D eigenvalue weighted by atomic mass is 16.5. The second-order valence-corrected chi connectivity index (χ2v) is 21.1. The van der Waals surface area contributed by atoms with E-state index in [0.717, 1.165) is 45.2 Å². The van der Waals surface area contributed by atoms with E-state index in [1.807, 2.05) is 0 Å². The first-order valence-corrected chi connectivity index (χ1v) is 21.6. The first kappa shape index (κ1) is 35.9. The molecule has 8 fully saturated rings. The fourth-order valence-electron chi connectivity index (χ4n) is 15.9. The van der Waals surface area contributed by atoms with Crippen molar-refractivity contribution < 1.29 is 14.3 Å². The topological polar surface area (TPSA) is 53.1 Å². The Bertz CT molecular complexity index is 1330. The Kier molecular flexibility index (Phi) is 8.74. The van der Waals surface area contributed by atoms with E-state index in [0.29, 0.717) is 52.4 Å². The molecule has 2 aliphatic heterocycles. The Balaban J connectivity index is 1.05. The molecule has 0 aromatic rings. The molecule has 2 saturated heterocycles. The molecule has 2 heterocycles. The van der Waals surface area contributed by atoms with Gasteiger partial charge in [0.25, 0.3) is 0 Å². The molecule has 50 heavy (non-hydrogen) atoms. The van der Waals surface area contributed by atoms with E-state index in [4.69, 9.17) is 4.74 Å². The van der Waals surface area contributed by atoms with Crippen LogP contribution in [0.5, 0.6) is 0 Å². The molecule has 6 nitrogen and oxygen atoms in total. The van der Waals surface area contributed by atoms with Crippen LogP contribution in [0.15, 0.2) is 0 Å². The first-order chi connectivity index (χ1) is 23.6. The van der Waals surface area contributed by atoms with Gasteiger partial charge in [0.05, 0.1) is 5.41 Å². The number of amides is 1. The van der Waals surface area contributed by atoms with Gasteiger partial charge in [-0.3, -0.25) is 14.5 Å². The highest BCUT2D eigenvalue weighted by molar-refractivity contribution is 5.84. The lowest BCUT2D eigenvalue weighted by atomic mass is 9.32.